The Morgan fingerprint density at radius 3 is 1.85 bits per heavy atom. The van der Waals surface area contributed by atoms with E-state index in [9.17, 15) is 0 Å². The zero-order chi connectivity index (χ0) is 35.7. The Labute approximate surface area is 316 Å². The second-order valence-corrected chi connectivity index (χ2v) is 16.5. The predicted octanol–water partition coefficient (Wildman–Crippen LogP) is 10.8. The van der Waals surface area contributed by atoms with E-state index >= 15 is 0 Å². The van der Waals surface area contributed by atoms with Gasteiger partial charge in [0.15, 0.2) is 11.2 Å². The van der Waals surface area contributed by atoms with Crippen LogP contribution in [0.4, 0.5) is 17.2 Å². The first-order valence-corrected chi connectivity index (χ1v) is 19.3. The van der Waals surface area contributed by atoms with E-state index in [0.717, 1.165) is 11.5 Å². The van der Waals surface area contributed by atoms with Crippen molar-refractivity contribution in [2.75, 3.05) is 4.90 Å². The summed E-state index contributed by atoms with van der Waals surface area (Å²) >= 11 is 0. The average Bonchev–Trinajstić information content (AvgIpc) is 3.43. The van der Waals surface area contributed by atoms with Crippen LogP contribution in [-0.4, -0.2) is 4.57 Å². The molecule has 9 heterocycles. The molecule has 3 aromatic heterocycles. The molecule has 0 aliphatic carbocycles. The van der Waals surface area contributed by atoms with Crippen LogP contribution in [0.1, 0.15) is 36.1 Å². The lowest BCUT2D eigenvalue weighted by molar-refractivity contribution is -0.965. The van der Waals surface area contributed by atoms with E-state index in [1.165, 1.54) is 112 Å². The van der Waals surface area contributed by atoms with Gasteiger partial charge >= 0.3 is 5.66 Å². The smallest absolute Gasteiger partial charge is 0.321 e. The Hall–Kier alpha value is -6.98. The van der Waals surface area contributed by atoms with Crippen molar-refractivity contribution in [3.63, 3.8) is 0 Å². The van der Waals surface area contributed by atoms with E-state index < -0.39 is 5.66 Å². The van der Waals surface area contributed by atoms with Crippen LogP contribution < -0.4 is 18.8 Å². The summed E-state index contributed by atoms with van der Waals surface area (Å²) in [4.78, 5) is 2.61. The molecule has 1 unspecified atom stereocenters. The molecule has 15 rings (SSSR count). The van der Waals surface area contributed by atoms with Crippen LogP contribution in [0.2, 0.25) is 0 Å². The van der Waals surface area contributed by atoms with Gasteiger partial charge in [0.05, 0.1) is 23.5 Å². The average molecular weight is 703 g/mol. The number of benzene rings is 6. The minimum atomic E-state index is -0.827. The minimum absolute atomic E-state index is 0.277. The van der Waals surface area contributed by atoms with E-state index in [-0.39, 0.29) is 5.41 Å². The number of rotatable bonds is 0. The SMILES string of the molecule is CC1(C)c2cccc3c2N2c4c(ccc5c4C4(c6c(ccc7c8cccc9c8n(c67)-c6c(ccc[n+]64)-c4ccccc4-9)O5)[n+]4cccc1c42)-c1ccccc1-3. The minimum Gasteiger partial charge on any atom is -0.456 e. The molecule has 1 spiro atoms. The van der Waals surface area contributed by atoms with E-state index in [4.69, 9.17) is 4.74 Å². The van der Waals surface area contributed by atoms with Gasteiger partial charge in [-0.05, 0) is 76.9 Å². The molecule has 0 radical (unpaired) electrons. The molecule has 0 saturated carbocycles. The fraction of sp³-hybridized carbons (Fsp3) is 0.0800. The molecule has 55 heavy (non-hydrogen) atoms. The van der Waals surface area contributed by atoms with Crippen molar-refractivity contribution in [3.05, 3.63) is 168 Å². The summed E-state index contributed by atoms with van der Waals surface area (Å²) in [5.74, 6) is 4.18. The second kappa shape index (κ2) is 8.53. The molecule has 5 nitrogen and oxygen atoms in total. The lowest BCUT2D eigenvalue weighted by atomic mass is 9.71. The van der Waals surface area contributed by atoms with Gasteiger partial charge in [-0.2, -0.15) is 18.6 Å². The molecule has 254 valence electrons. The Balaban J connectivity index is 1.26. The number of hydrogen-bond acceptors (Lipinski definition) is 2. The van der Waals surface area contributed by atoms with E-state index in [0.29, 0.717) is 0 Å². The number of fused-ring (bicyclic) bond motifs is 7. The van der Waals surface area contributed by atoms with Crippen molar-refractivity contribution in [1.29, 1.82) is 0 Å². The maximum Gasteiger partial charge on any atom is 0.321 e. The first kappa shape index (κ1) is 27.6. The van der Waals surface area contributed by atoms with Gasteiger partial charge in [-0.25, -0.2) is 0 Å². The third kappa shape index (κ3) is 2.67. The summed E-state index contributed by atoms with van der Waals surface area (Å²) in [6, 6.07) is 50.0. The lowest BCUT2D eigenvalue weighted by Gasteiger charge is -2.47. The van der Waals surface area contributed by atoms with Crippen LogP contribution in [0.5, 0.6) is 11.5 Å². The molecule has 0 amide bonds. The van der Waals surface area contributed by atoms with Gasteiger partial charge in [-0.3, -0.25) is 0 Å². The highest BCUT2D eigenvalue weighted by molar-refractivity contribution is 6.18. The quantitative estimate of drug-likeness (QED) is 0.147. The normalized spacial score (nSPS) is 18.0. The Morgan fingerprint density at radius 2 is 1.04 bits per heavy atom. The van der Waals surface area contributed by atoms with Gasteiger partial charge in [0.1, 0.15) is 33.8 Å². The highest BCUT2D eigenvalue weighted by Gasteiger charge is 2.68. The lowest BCUT2D eigenvalue weighted by Crippen LogP contribution is -2.79. The molecule has 0 fully saturated rings. The Bertz CT molecular complexity index is 3410. The van der Waals surface area contributed by atoms with Crippen LogP contribution in [-0.2, 0) is 11.1 Å². The van der Waals surface area contributed by atoms with Crippen LogP contribution >= 0.6 is 0 Å². The van der Waals surface area contributed by atoms with Crippen molar-refractivity contribution in [3.8, 4) is 61.8 Å². The topological polar surface area (TPSA) is 25.2 Å². The zero-order valence-electron chi connectivity index (χ0n) is 30.1. The number of anilines is 3. The molecular weight excluding hydrogens is 673 g/mol. The van der Waals surface area contributed by atoms with Crippen LogP contribution in [0, 0.1) is 0 Å². The van der Waals surface area contributed by atoms with Gasteiger partial charge in [0.2, 0.25) is 0 Å². The van der Waals surface area contributed by atoms with E-state index in [2.05, 4.69) is 178 Å². The van der Waals surface area contributed by atoms with Gasteiger partial charge in [0.25, 0.3) is 11.6 Å². The fourth-order valence-corrected chi connectivity index (χ4v) is 11.8. The van der Waals surface area contributed by atoms with Crippen LogP contribution in [0.15, 0.2) is 146 Å². The standard InChI is InChI=1S/C50H30N4O/c1-49(2)37-19-8-17-32-27-11-3-4-12-28(27)34-21-23-39-41-45(34)54(44(32)37)48-38(49)20-10-26-52(48)50(41)42-40(55-39)24-22-35-33-16-7-15-31-29-13-5-6-14-30(29)36-18-9-25-51(50)47(36)53(43(31)33)46(35)42/h3-26H,1-2H3/q+2. The largest absolute Gasteiger partial charge is 0.456 e. The third-order valence-electron chi connectivity index (χ3n) is 13.9. The molecular formula is C50H30N4O+2. The first-order chi connectivity index (χ1) is 27.1. The van der Waals surface area contributed by atoms with Gasteiger partial charge in [-0.15, -0.1) is 0 Å². The van der Waals surface area contributed by atoms with Crippen molar-refractivity contribution < 1.29 is 13.9 Å². The number of aromatic nitrogens is 3. The van der Waals surface area contributed by atoms with Gasteiger partial charge in [-0.1, -0.05) is 92.7 Å². The second-order valence-electron chi connectivity index (χ2n) is 16.5. The summed E-state index contributed by atoms with van der Waals surface area (Å²) in [7, 11) is 0. The summed E-state index contributed by atoms with van der Waals surface area (Å²) in [5.41, 5.74) is 18.8. The fourth-order valence-electron chi connectivity index (χ4n) is 11.8. The van der Waals surface area contributed by atoms with Gasteiger partial charge < -0.3 is 4.74 Å². The number of ether oxygens (including phenoxy) is 1. The van der Waals surface area contributed by atoms with Crippen molar-refractivity contribution in [1.82, 2.24) is 4.57 Å². The van der Waals surface area contributed by atoms with Crippen molar-refractivity contribution in [2.45, 2.75) is 24.9 Å². The Morgan fingerprint density at radius 1 is 0.455 bits per heavy atom. The van der Waals surface area contributed by atoms with Crippen LogP contribution in [0.3, 0.4) is 0 Å². The summed E-state index contributed by atoms with van der Waals surface area (Å²) in [5, 5.41) is 2.50. The molecule has 5 heteroatoms. The number of pyridine rings is 2. The highest BCUT2D eigenvalue weighted by Crippen LogP contribution is 2.66. The maximum absolute atomic E-state index is 7.26. The summed E-state index contributed by atoms with van der Waals surface area (Å²) < 4.78 is 15.1. The summed E-state index contributed by atoms with van der Waals surface area (Å²) in [6.07, 6.45) is 4.68. The number of hydrogen-bond donors (Lipinski definition) is 0. The zero-order valence-corrected chi connectivity index (χ0v) is 30.1. The predicted molar refractivity (Wildman–Crippen MR) is 215 cm³/mol. The van der Waals surface area contributed by atoms with Crippen molar-refractivity contribution >= 4 is 39.0 Å². The number of para-hydroxylation sites is 2. The summed E-state index contributed by atoms with van der Waals surface area (Å²) in [6.45, 7) is 4.82. The van der Waals surface area contributed by atoms with Crippen molar-refractivity contribution in [2.24, 2.45) is 0 Å². The van der Waals surface area contributed by atoms with Crippen LogP contribution in [0.25, 0.3) is 72.1 Å². The maximum atomic E-state index is 7.26. The first-order valence-electron chi connectivity index (χ1n) is 19.3. The monoisotopic (exact) mass is 702 g/mol. The number of nitrogens with zero attached hydrogens (tertiary/aromatic N) is 4. The molecule has 6 aliphatic heterocycles. The molecule has 0 saturated heterocycles. The van der Waals surface area contributed by atoms with Gasteiger partial charge in [0, 0.05) is 38.4 Å². The molecule has 9 aromatic rings. The molecule has 1 atom stereocenters. The Kier molecular flexibility index (Phi) is 4.28. The highest BCUT2D eigenvalue weighted by atomic mass is 16.5. The molecule has 0 N–H and O–H groups in total. The van der Waals surface area contributed by atoms with E-state index in [1.807, 2.05) is 0 Å². The van der Waals surface area contributed by atoms with E-state index in [1.54, 1.807) is 0 Å². The molecule has 6 aliphatic rings. The molecule has 0 bridgehead atoms. The third-order valence-corrected chi connectivity index (χ3v) is 13.9. The molecule has 6 aromatic carbocycles.